The predicted octanol–water partition coefficient (Wildman–Crippen LogP) is 1.77. The molecule has 0 aliphatic rings. The van der Waals surface area contributed by atoms with Crippen molar-refractivity contribution in [2.75, 3.05) is 13.2 Å². The Kier molecular flexibility index (Phi) is 3.97. The van der Waals surface area contributed by atoms with E-state index in [4.69, 9.17) is 20.6 Å². The number of nitrogens with one attached hydrogen (secondary N) is 1. The maximum absolute atomic E-state index is 7.32. The van der Waals surface area contributed by atoms with Crippen LogP contribution in [0.15, 0.2) is 18.2 Å². The van der Waals surface area contributed by atoms with E-state index in [0.29, 0.717) is 30.3 Å². The summed E-state index contributed by atoms with van der Waals surface area (Å²) in [5, 5.41) is 7.32. The zero-order valence-corrected chi connectivity index (χ0v) is 9.04. The molecule has 15 heavy (non-hydrogen) atoms. The molecule has 0 spiro atoms. The van der Waals surface area contributed by atoms with Gasteiger partial charge in [0.1, 0.15) is 5.84 Å². The van der Waals surface area contributed by atoms with Crippen LogP contribution in [0.1, 0.15) is 19.4 Å². The van der Waals surface area contributed by atoms with Gasteiger partial charge in [-0.25, -0.2) is 0 Å². The highest BCUT2D eigenvalue weighted by Gasteiger charge is 2.06. The highest BCUT2D eigenvalue weighted by molar-refractivity contribution is 5.95. The van der Waals surface area contributed by atoms with Crippen LogP contribution < -0.4 is 15.2 Å². The molecule has 4 heteroatoms. The van der Waals surface area contributed by atoms with Crippen molar-refractivity contribution >= 4 is 5.84 Å². The maximum atomic E-state index is 7.32. The van der Waals surface area contributed by atoms with E-state index in [-0.39, 0.29) is 5.84 Å². The summed E-state index contributed by atoms with van der Waals surface area (Å²) < 4.78 is 10.8. The van der Waals surface area contributed by atoms with Crippen molar-refractivity contribution < 1.29 is 9.47 Å². The Balaban J connectivity index is 3.02. The highest BCUT2D eigenvalue weighted by Crippen LogP contribution is 2.28. The van der Waals surface area contributed by atoms with Crippen molar-refractivity contribution in [3.8, 4) is 11.5 Å². The number of hydrogen-bond donors (Lipinski definition) is 2. The van der Waals surface area contributed by atoms with Crippen LogP contribution in [0.4, 0.5) is 0 Å². The smallest absolute Gasteiger partial charge is 0.161 e. The molecule has 0 heterocycles. The van der Waals surface area contributed by atoms with E-state index < -0.39 is 0 Å². The lowest BCUT2D eigenvalue weighted by atomic mass is 10.2. The molecule has 0 radical (unpaired) electrons. The van der Waals surface area contributed by atoms with E-state index in [2.05, 4.69) is 0 Å². The van der Waals surface area contributed by atoms with Crippen LogP contribution in [0, 0.1) is 5.41 Å². The monoisotopic (exact) mass is 208 g/mol. The van der Waals surface area contributed by atoms with Crippen LogP contribution in [0.5, 0.6) is 11.5 Å². The number of rotatable bonds is 5. The topological polar surface area (TPSA) is 68.3 Å². The number of nitrogens with two attached hydrogens (primary N) is 1. The minimum absolute atomic E-state index is 0.0269. The van der Waals surface area contributed by atoms with E-state index >= 15 is 0 Å². The number of hydrogen-bond acceptors (Lipinski definition) is 3. The number of ether oxygens (including phenoxy) is 2. The third kappa shape index (κ3) is 2.87. The second-order valence-corrected chi connectivity index (χ2v) is 2.94. The Morgan fingerprint density at radius 2 is 1.80 bits per heavy atom. The van der Waals surface area contributed by atoms with Crippen molar-refractivity contribution in [1.29, 1.82) is 5.41 Å². The van der Waals surface area contributed by atoms with Crippen molar-refractivity contribution in [3.63, 3.8) is 0 Å². The lowest BCUT2D eigenvalue weighted by molar-refractivity contribution is 0.287. The number of nitrogen functional groups attached to an aromatic ring is 1. The average Bonchev–Trinajstić information content (AvgIpc) is 2.21. The quantitative estimate of drug-likeness (QED) is 0.572. The molecule has 0 atom stereocenters. The molecule has 0 saturated heterocycles. The second-order valence-electron chi connectivity index (χ2n) is 2.94. The second kappa shape index (κ2) is 5.24. The molecule has 82 valence electrons. The molecule has 3 N–H and O–H groups in total. The number of amidine groups is 1. The lowest BCUT2D eigenvalue weighted by Gasteiger charge is -2.11. The molecule has 0 bridgehead atoms. The van der Waals surface area contributed by atoms with Gasteiger partial charge in [-0.2, -0.15) is 0 Å². The molecule has 4 nitrogen and oxygen atoms in total. The third-order valence-corrected chi connectivity index (χ3v) is 1.85. The van der Waals surface area contributed by atoms with Crippen LogP contribution in [0.25, 0.3) is 0 Å². The third-order valence-electron chi connectivity index (χ3n) is 1.85. The molecule has 1 rings (SSSR count). The molecule has 0 unspecified atom stereocenters. The summed E-state index contributed by atoms with van der Waals surface area (Å²) in [6.45, 7) is 4.95. The van der Waals surface area contributed by atoms with E-state index in [1.54, 1.807) is 18.2 Å². The van der Waals surface area contributed by atoms with E-state index in [9.17, 15) is 0 Å². The molecule has 1 aromatic rings. The zero-order valence-electron chi connectivity index (χ0n) is 9.04. The Morgan fingerprint density at radius 3 is 2.33 bits per heavy atom. The Morgan fingerprint density at radius 1 is 1.20 bits per heavy atom. The Labute approximate surface area is 89.5 Å². The molecule has 0 saturated carbocycles. The van der Waals surface area contributed by atoms with Crippen molar-refractivity contribution in [3.05, 3.63) is 23.8 Å². The van der Waals surface area contributed by atoms with E-state index in [1.807, 2.05) is 13.8 Å². The standard InChI is InChI=1S/C11H16N2O2/c1-3-14-9-6-5-8(11(12)13)7-10(9)15-4-2/h5-7H,3-4H2,1-2H3,(H3,12,13). The first-order valence-corrected chi connectivity index (χ1v) is 4.93. The molecule has 0 amide bonds. The first-order valence-electron chi connectivity index (χ1n) is 4.93. The minimum Gasteiger partial charge on any atom is -0.490 e. The van der Waals surface area contributed by atoms with Gasteiger partial charge in [0.2, 0.25) is 0 Å². The van der Waals surface area contributed by atoms with Crippen LogP contribution in [0.2, 0.25) is 0 Å². The van der Waals surface area contributed by atoms with Gasteiger partial charge in [0, 0.05) is 5.56 Å². The summed E-state index contributed by atoms with van der Waals surface area (Å²) in [5.74, 6) is 1.34. The van der Waals surface area contributed by atoms with Gasteiger partial charge < -0.3 is 15.2 Å². The van der Waals surface area contributed by atoms with E-state index in [0.717, 1.165) is 0 Å². The molecular formula is C11H16N2O2. The fraction of sp³-hybridized carbons (Fsp3) is 0.364. The minimum atomic E-state index is 0.0269. The van der Waals surface area contributed by atoms with Crippen molar-refractivity contribution in [2.24, 2.45) is 5.73 Å². The van der Waals surface area contributed by atoms with Gasteiger partial charge in [-0.05, 0) is 32.0 Å². The van der Waals surface area contributed by atoms with Crippen LogP contribution in [0.3, 0.4) is 0 Å². The molecule has 0 aliphatic carbocycles. The SMILES string of the molecule is CCOc1ccc(C(=N)N)cc1OCC. The molecule has 0 aliphatic heterocycles. The van der Waals surface area contributed by atoms with Crippen LogP contribution in [-0.4, -0.2) is 19.0 Å². The predicted molar refractivity (Wildman–Crippen MR) is 59.8 cm³/mol. The summed E-state index contributed by atoms with van der Waals surface area (Å²) in [7, 11) is 0. The summed E-state index contributed by atoms with van der Waals surface area (Å²) in [6, 6.07) is 5.23. The first kappa shape index (κ1) is 11.4. The molecule has 0 aromatic heterocycles. The maximum Gasteiger partial charge on any atom is 0.161 e. The summed E-state index contributed by atoms with van der Waals surface area (Å²) in [6.07, 6.45) is 0. The molecular weight excluding hydrogens is 192 g/mol. The zero-order chi connectivity index (χ0) is 11.3. The number of benzene rings is 1. The van der Waals surface area contributed by atoms with Gasteiger partial charge in [0.15, 0.2) is 11.5 Å². The van der Waals surface area contributed by atoms with Crippen molar-refractivity contribution in [2.45, 2.75) is 13.8 Å². The van der Waals surface area contributed by atoms with Gasteiger partial charge in [-0.3, -0.25) is 5.41 Å². The normalized spacial score (nSPS) is 9.73. The average molecular weight is 208 g/mol. The summed E-state index contributed by atoms with van der Waals surface area (Å²) >= 11 is 0. The van der Waals surface area contributed by atoms with Gasteiger partial charge in [0.25, 0.3) is 0 Å². The van der Waals surface area contributed by atoms with Gasteiger partial charge >= 0.3 is 0 Å². The van der Waals surface area contributed by atoms with Crippen LogP contribution >= 0.6 is 0 Å². The summed E-state index contributed by atoms with van der Waals surface area (Å²) in [4.78, 5) is 0. The Hall–Kier alpha value is -1.71. The Bertz CT molecular complexity index is 350. The van der Waals surface area contributed by atoms with Gasteiger partial charge in [-0.15, -0.1) is 0 Å². The van der Waals surface area contributed by atoms with E-state index in [1.165, 1.54) is 0 Å². The lowest BCUT2D eigenvalue weighted by Crippen LogP contribution is -2.11. The fourth-order valence-corrected chi connectivity index (χ4v) is 1.22. The van der Waals surface area contributed by atoms with Gasteiger partial charge in [-0.1, -0.05) is 0 Å². The van der Waals surface area contributed by atoms with Gasteiger partial charge in [0.05, 0.1) is 13.2 Å². The molecule has 0 fully saturated rings. The molecule has 1 aromatic carbocycles. The first-order chi connectivity index (χ1) is 7.19. The highest BCUT2D eigenvalue weighted by atomic mass is 16.5. The largest absolute Gasteiger partial charge is 0.490 e. The van der Waals surface area contributed by atoms with Crippen LogP contribution in [-0.2, 0) is 0 Å². The fourth-order valence-electron chi connectivity index (χ4n) is 1.22. The van der Waals surface area contributed by atoms with Crippen molar-refractivity contribution in [1.82, 2.24) is 0 Å². The summed E-state index contributed by atoms with van der Waals surface area (Å²) in [5.41, 5.74) is 6.03.